The highest BCUT2D eigenvalue weighted by molar-refractivity contribution is 6.19. The molecule has 0 aliphatic carbocycles. The van der Waals surface area contributed by atoms with Crippen molar-refractivity contribution < 1.29 is 9.90 Å². The van der Waals surface area contributed by atoms with Crippen LogP contribution in [0, 0.1) is 0 Å². The van der Waals surface area contributed by atoms with Crippen molar-refractivity contribution >= 4 is 27.7 Å². The van der Waals surface area contributed by atoms with Gasteiger partial charge in [0, 0.05) is 16.3 Å². The van der Waals surface area contributed by atoms with E-state index in [0.717, 1.165) is 27.4 Å². The van der Waals surface area contributed by atoms with Crippen LogP contribution in [0.15, 0.2) is 42.5 Å². The van der Waals surface area contributed by atoms with Crippen LogP contribution in [0.5, 0.6) is 0 Å². The van der Waals surface area contributed by atoms with Crippen molar-refractivity contribution in [1.29, 1.82) is 0 Å². The number of nitrogens with zero attached hydrogens (tertiary/aromatic N) is 1. The van der Waals surface area contributed by atoms with Crippen LogP contribution in [0.2, 0.25) is 0 Å². The van der Waals surface area contributed by atoms with Crippen molar-refractivity contribution in [2.45, 2.75) is 18.9 Å². The number of hydrogen-bond donors (Lipinski definition) is 1. The molecule has 0 fully saturated rings. The van der Waals surface area contributed by atoms with Crippen LogP contribution in [0.4, 0.5) is 0 Å². The summed E-state index contributed by atoms with van der Waals surface area (Å²) in [5.41, 5.74) is 1.09. The third-order valence-corrected chi connectivity index (χ3v) is 4.21. The molecule has 0 spiro atoms. The maximum absolute atomic E-state index is 12.6. The Morgan fingerprint density at radius 1 is 1.11 bits per heavy atom. The van der Waals surface area contributed by atoms with Gasteiger partial charge in [0.15, 0.2) is 5.60 Å². The first-order chi connectivity index (χ1) is 9.18. The summed E-state index contributed by atoms with van der Waals surface area (Å²) in [5, 5.41) is 12.8. The zero-order valence-electron chi connectivity index (χ0n) is 10.6. The molecule has 19 heavy (non-hydrogen) atoms. The van der Waals surface area contributed by atoms with Gasteiger partial charge in [-0.05, 0) is 12.5 Å². The second-order valence-corrected chi connectivity index (χ2v) is 5.07. The minimum absolute atomic E-state index is 0.234. The monoisotopic (exact) mass is 251 g/mol. The van der Waals surface area contributed by atoms with Gasteiger partial charge in [0.25, 0.3) is 5.91 Å². The fraction of sp³-hybridized carbons (Fsp3) is 0.188. The Bertz CT molecular complexity index is 846. The molecule has 2 heterocycles. The lowest BCUT2D eigenvalue weighted by Gasteiger charge is -2.20. The Morgan fingerprint density at radius 3 is 2.63 bits per heavy atom. The number of aromatic nitrogens is 1. The molecule has 0 amide bonds. The van der Waals surface area contributed by atoms with Crippen LogP contribution in [-0.4, -0.2) is 15.6 Å². The van der Waals surface area contributed by atoms with Crippen LogP contribution in [0.25, 0.3) is 21.8 Å². The maximum atomic E-state index is 12.6. The van der Waals surface area contributed by atoms with Gasteiger partial charge < -0.3 is 5.11 Å². The highest BCUT2D eigenvalue weighted by atomic mass is 16.3. The van der Waals surface area contributed by atoms with E-state index < -0.39 is 5.60 Å². The highest BCUT2D eigenvalue weighted by Crippen LogP contribution is 2.43. The van der Waals surface area contributed by atoms with Crippen molar-refractivity contribution in [3.63, 3.8) is 0 Å². The molecule has 1 aliphatic rings. The molecule has 1 aliphatic heterocycles. The summed E-state index contributed by atoms with van der Waals surface area (Å²) in [7, 11) is 0. The average molecular weight is 251 g/mol. The number of aliphatic hydroxyl groups is 1. The first-order valence-electron chi connectivity index (χ1n) is 6.48. The van der Waals surface area contributed by atoms with Crippen molar-refractivity contribution in [3.05, 3.63) is 48.0 Å². The Morgan fingerprint density at radius 2 is 1.84 bits per heavy atom. The number of para-hydroxylation sites is 2. The van der Waals surface area contributed by atoms with E-state index in [1.165, 1.54) is 0 Å². The van der Waals surface area contributed by atoms with Gasteiger partial charge in [-0.15, -0.1) is 0 Å². The van der Waals surface area contributed by atoms with E-state index >= 15 is 0 Å². The summed E-state index contributed by atoms with van der Waals surface area (Å²) in [6.45, 7) is 1.84. The second-order valence-electron chi connectivity index (χ2n) is 5.07. The van der Waals surface area contributed by atoms with Crippen LogP contribution in [-0.2, 0) is 5.60 Å². The molecule has 0 saturated heterocycles. The van der Waals surface area contributed by atoms with Gasteiger partial charge in [-0.25, -0.2) is 0 Å². The normalized spacial score (nSPS) is 21.7. The topological polar surface area (TPSA) is 42.2 Å². The zero-order valence-corrected chi connectivity index (χ0v) is 10.6. The van der Waals surface area contributed by atoms with Gasteiger partial charge in [-0.2, -0.15) is 0 Å². The van der Waals surface area contributed by atoms with Crippen molar-refractivity contribution in [2.75, 3.05) is 0 Å². The molecule has 0 bridgehead atoms. The summed E-state index contributed by atoms with van der Waals surface area (Å²) >= 11 is 0. The van der Waals surface area contributed by atoms with E-state index in [4.69, 9.17) is 0 Å². The largest absolute Gasteiger partial charge is 0.375 e. The lowest BCUT2D eigenvalue weighted by Crippen LogP contribution is -2.33. The lowest BCUT2D eigenvalue weighted by molar-refractivity contribution is 0.0245. The number of carbonyl (C=O) groups is 1. The van der Waals surface area contributed by atoms with Crippen molar-refractivity contribution in [2.24, 2.45) is 0 Å². The van der Waals surface area contributed by atoms with E-state index in [2.05, 4.69) is 0 Å². The smallest absolute Gasteiger partial charge is 0.268 e. The number of fused-ring (bicyclic) bond motifs is 3. The summed E-state index contributed by atoms with van der Waals surface area (Å²) in [4.78, 5) is 12.6. The first kappa shape index (κ1) is 10.8. The maximum Gasteiger partial charge on any atom is 0.268 e. The predicted molar refractivity (Wildman–Crippen MR) is 74.3 cm³/mol. The summed E-state index contributed by atoms with van der Waals surface area (Å²) in [5.74, 6) is -0.234. The van der Waals surface area contributed by atoms with E-state index in [1.54, 1.807) is 4.57 Å². The van der Waals surface area contributed by atoms with Crippen molar-refractivity contribution in [1.82, 2.24) is 4.57 Å². The van der Waals surface area contributed by atoms with Gasteiger partial charge >= 0.3 is 0 Å². The second kappa shape index (κ2) is 3.25. The third kappa shape index (κ3) is 1.05. The Labute approximate surface area is 110 Å². The fourth-order valence-corrected chi connectivity index (χ4v) is 3.21. The van der Waals surface area contributed by atoms with E-state index in [-0.39, 0.29) is 5.91 Å². The average Bonchev–Trinajstić information content (AvgIpc) is 2.90. The van der Waals surface area contributed by atoms with Crippen LogP contribution in [0.3, 0.4) is 0 Å². The lowest BCUT2D eigenvalue weighted by atomic mass is 9.91. The summed E-state index contributed by atoms with van der Waals surface area (Å²) in [6, 6.07) is 13.6. The quantitative estimate of drug-likeness (QED) is 0.722. The SMILES string of the molecule is CCC1(O)C(=O)n2c3ccccc3c3cccc1c32. The van der Waals surface area contributed by atoms with Crippen LogP contribution in [0.1, 0.15) is 23.7 Å². The molecule has 4 rings (SSSR count). The number of carbonyl (C=O) groups excluding carboxylic acids is 1. The molecule has 2 aromatic carbocycles. The molecule has 3 aromatic rings. The predicted octanol–water partition coefficient (Wildman–Crippen LogP) is 3.05. The number of rotatable bonds is 1. The van der Waals surface area contributed by atoms with E-state index in [0.29, 0.717) is 6.42 Å². The fourth-order valence-electron chi connectivity index (χ4n) is 3.21. The van der Waals surface area contributed by atoms with Gasteiger partial charge in [0.2, 0.25) is 0 Å². The van der Waals surface area contributed by atoms with Gasteiger partial charge in [0.1, 0.15) is 0 Å². The molecule has 0 saturated carbocycles. The molecular weight excluding hydrogens is 238 g/mol. The molecular formula is C16H13NO2. The van der Waals surface area contributed by atoms with E-state index in [9.17, 15) is 9.90 Å². The molecule has 1 atom stereocenters. The third-order valence-electron chi connectivity index (χ3n) is 4.21. The molecule has 3 nitrogen and oxygen atoms in total. The Hall–Kier alpha value is -2.13. The molecule has 1 aromatic heterocycles. The van der Waals surface area contributed by atoms with Crippen molar-refractivity contribution in [3.8, 4) is 0 Å². The Balaban J connectivity index is 2.31. The minimum atomic E-state index is -1.38. The molecule has 1 unspecified atom stereocenters. The first-order valence-corrected chi connectivity index (χ1v) is 6.48. The van der Waals surface area contributed by atoms with Crippen LogP contribution < -0.4 is 0 Å². The number of benzene rings is 2. The zero-order chi connectivity index (χ0) is 13.2. The molecule has 0 radical (unpaired) electrons. The minimum Gasteiger partial charge on any atom is -0.375 e. The Kier molecular flexibility index (Phi) is 1.84. The van der Waals surface area contributed by atoms with Crippen LogP contribution >= 0.6 is 0 Å². The molecule has 1 N–H and O–H groups in total. The number of hydrogen-bond acceptors (Lipinski definition) is 2. The molecule has 94 valence electrons. The van der Waals surface area contributed by atoms with Gasteiger partial charge in [0.05, 0.1) is 11.0 Å². The molecule has 3 heteroatoms. The van der Waals surface area contributed by atoms with Gasteiger partial charge in [-0.3, -0.25) is 9.36 Å². The standard InChI is InChI=1S/C16H13NO2/c1-2-16(19)12-8-5-7-11-10-6-3-4-9-13(10)17(14(11)12)15(16)18/h3-9,19H,2H2,1H3. The summed E-state index contributed by atoms with van der Waals surface area (Å²) < 4.78 is 1.67. The summed E-state index contributed by atoms with van der Waals surface area (Å²) in [6.07, 6.45) is 0.390. The highest BCUT2D eigenvalue weighted by Gasteiger charge is 2.45. The van der Waals surface area contributed by atoms with E-state index in [1.807, 2.05) is 49.4 Å². The van der Waals surface area contributed by atoms with Gasteiger partial charge in [-0.1, -0.05) is 43.3 Å².